The Balaban J connectivity index is 1.17. The standard InChI is InChI=1S/C56H38N6/c1-56(2)45-27-15-12-24-39(45)43-33-44-40-25-14-17-29-48(40)62(50(44)34-46(43)56)49-32-38(54-60-52(36-20-8-4-9-21-36)59-53(61-54)37-22-10-5-11-23-37)30-31-42(49)55-57-47-28-16-13-26-41(47)51(58-55)35-18-6-3-7-19-35/h3-34H,1-2H3. The number of hydrogen-bond acceptors (Lipinski definition) is 5. The van der Waals surface area contributed by atoms with E-state index in [2.05, 4.69) is 140 Å². The van der Waals surface area contributed by atoms with Gasteiger partial charge in [-0.3, -0.25) is 0 Å². The zero-order valence-electron chi connectivity index (χ0n) is 34.2. The van der Waals surface area contributed by atoms with E-state index in [4.69, 9.17) is 24.9 Å². The van der Waals surface area contributed by atoms with Gasteiger partial charge in [-0.05, 0) is 58.7 Å². The summed E-state index contributed by atoms with van der Waals surface area (Å²) < 4.78 is 2.40. The minimum atomic E-state index is -0.190. The van der Waals surface area contributed by atoms with Crippen LogP contribution in [0, 0.1) is 0 Å². The second kappa shape index (κ2) is 14.0. The summed E-state index contributed by atoms with van der Waals surface area (Å²) in [6.07, 6.45) is 0. The molecule has 0 N–H and O–H groups in total. The van der Waals surface area contributed by atoms with E-state index >= 15 is 0 Å². The predicted molar refractivity (Wildman–Crippen MR) is 252 cm³/mol. The molecule has 8 aromatic carbocycles. The van der Waals surface area contributed by atoms with Gasteiger partial charge in [0.1, 0.15) is 0 Å². The molecule has 1 aliphatic carbocycles. The van der Waals surface area contributed by atoms with Crippen LogP contribution in [-0.4, -0.2) is 29.5 Å². The van der Waals surface area contributed by atoms with Gasteiger partial charge in [0.05, 0.1) is 27.9 Å². The zero-order valence-corrected chi connectivity index (χ0v) is 34.2. The number of nitrogens with zero attached hydrogens (tertiary/aromatic N) is 6. The Morgan fingerprint density at radius 3 is 1.65 bits per heavy atom. The molecule has 0 atom stereocenters. The first-order valence-electron chi connectivity index (χ1n) is 21.0. The SMILES string of the molecule is CC1(C)c2ccccc2-c2cc3c4ccccc4n(-c4cc(-c5nc(-c6ccccc6)nc(-c6ccccc6)n5)ccc4-c4nc(-c5ccccc5)c5ccccc5n4)c3cc21. The minimum absolute atomic E-state index is 0.190. The first-order valence-corrected chi connectivity index (χ1v) is 21.0. The lowest BCUT2D eigenvalue weighted by atomic mass is 9.82. The van der Waals surface area contributed by atoms with Gasteiger partial charge in [-0.25, -0.2) is 24.9 Å². The molecule has 0 unspecified atom stereocenters. The van der Waals surface area contributed by atoms with E-state index in [-0.39, 0.29) is 5.41 Å². The second-order valence-electron chi connectivity index (χ2n) is 16.5. The van der Waals surface area contributed by atoms with Gasteiger partial charge < -0.3 is 4.57 Å². The Labute approximate surface area is 358 Å². The Morgan fingerprint density at radius 2 is 0.935 bits per heavy atom. The lowest BCUT2D eigenvalue weighted by Crippen LogP contribution is -2.15. The fraction of sp³-hybridized carbons (Fsp3) is 0.0536. The maximum atomic E-state index is 5.42. The van der Waals surface area contributed by atoms with Gasteiger partial charge in [-0.1, -0.05) is 172 Å². The highest BCUT2D eigenvalue weighted by molar-refractivity contribution is 6.12. The van der Waals surface area contributed by atoms with Crippen LogP contribution in [0.15, 0.2) is 194 Å². The van der Waals surface area contributed by atoms with Crippen molar-refractivity contribution in [3.8, 4) is 73.6 Å². The van der Waals surface area contributed by atoms with Gasteiger partial charge in [-0.2, -0.15) is 0 Å². The Bertz CT molecular complexity index is 3480. The summed E-state index contributed by atoms with van der Waals surface area (Å²) in [5, 5.41) is 3.36. The average molecular weight is 795 g/mol. The molecule has 3 aromatic heterocycles. The summed E-state index contributed by atoms with van der Waals surface area (Å²) in [7, 11) is 0. The molecule has 0 spiro atoms. The molecular formula is C56H38N6. The predicted octanol–water partition coefficient (Wildman–Crippen LogP) is 13.6. The Morgan fingerprint density at radius 1 is 0.355 bits per heavy atom. The van der Waals surface area contributed by atoms with E-state index in [0.717, 1.165) is 61.1 Å². The van der Waals surface area contributed by atoms with Crippen LogP contribution in [-0.2, 0) is 5.41 Å². The molecule has 0 fully saturated rings. The molecule has 1 aliphatic rings. The number of benzene rings is 8. The summed E-state index contributed by atoms with van der Waals surface area (Å²) in [4.78, 5) is 26.1. The molecule has 292 valence electrons. The van der Waals surface area contributed by atoms with Crippen molar-refractivity contribution in [3.05, 3.63) is 205 Å². The molecule has 0 bridgehead atoms. The van der Waals surface area contributed by atoms with E-state index in [1.807, 2.05) is 72.8 Å². The van der Waals surface area contributed by atoms with Gasteiger partial charge >= 0.3 is 0 Å². The van der Waals surface area contributed by atoms with Crippen molar-refractivity contribution in [1.29, 1.82) is 0 Å². The van der Waals surface area contributed by atoms with Crippen molar-refractivity contribution >= 4 is 32.7 Å². The van der Waals surface area contributed by atoms with Crippen molar-refractivity contribution < 1.29 is 0 Å². The number of para-hydroxylation sites is 2. The van der Waals surface area contributed by atoms with Crippen LogP contribution in [0.2, 0.25) is 0 Å². The van der Waals surface area contributed by atoms with Gasteiger partial charge in [-0.15, -0.1) is 0 Å². The van der Waals surface area contributed by atoms with Crippen LogP contribution in [0.4, 0.5) is 0 Å². The number of aromatic nitrogens is 6. The molecule has 0 radical (unpaired) electrons. The fourth-order valence-electron chi connectivity index (χ4n) is 9.42. The highest BCUT2D eigenvalue weighted by Crippen LogP contribution is 2.51. The van der Waals surface area contributed by atoms with Crippen molar-refractivity contribution in [1.82, 2.24) is 29.5 Å². The van der Waals surface area contributed by atoms with E-state index in [1.165, 1.54) is 33.0 Å². The Kier molecular flexibility index (Phi) is 8.09. The first kappa shape index (κ1) is 35.8. The van der Waals surface area contributed by atoms with Gasteiger partial charge in [0.15, 0.2) is 23.3 Å². The summed E-state index contributed by atoms with van der Waals surface area (Å²) in [5.74, 6) is 2.43. The molecule has 11 aromatic rings. The zero-order chi connectivity index (χ0) is 41.4. The molecule has 6 heteroatoms. The largest absolute Gasteiger partial charge is 0.308 e. The van der Waals surface area contributed by atoms with Gasteiger partial charge in [0.2, 0.25) is 0 Å². The molecule has 0 amide bonds. The fourth-order valence-corrected chi connectivity index (χ4v) is 9.42. The van der Waals surface area contributed by atoms with E-state index in [1.54, 1.807) is 0 Å². The van der Waals surface area contributed by atoms with Crippen LogP contribution in [0.5, 0.6) is 0 Å². The van der Waals surface area contributed by atoms with E-state index < -0.39 is 0 Å². The highest BCUT2D eigenvalue weighted by Gasteiger charge is 2.36. The summed E-state index contributed by atoms with van der Waals surface area (Å²) in [6, 6.07) is 67.7. The van der Waals surface area contributed by atoms with Gasteiger partial charge in [0.25, 0.3) is 0 Å². The lowest BCUT2D eigenvalue weighted by Gasteiger charge is -2.22. The third-order valence-corrected chi connectivity index (χ3v) is 12.5. The summed E-state index contributed by atoms with van der Waals surface area (Å²) >= 11 is 0. The smallest absolute Gasteiger partial charge is 0.164 e. The number of hydrogen-bond donors (Lipinski definition) is 0. The van der Waals surface area contributed by atoms with E-state index in [0.29, 0.717) is 23.3 Å². The second-order valence-corrected chi connectivity index (χ2v) is 16.5. The van der Waals surface area contributed by atoms with Crippen LogP contribution in [0.1, 0.15) is 25.0 Å². The number of fused-ring (bicyclic) bond motifs is 7. The summed E-state index contributed by atoms with van der Waals surface area (Å²) in [6.45, 7) is 4.68. The molecule has 3 heterocycles. The first-order chi connectivity index (χ1) is 30.5. The van der Waals surface area contributed by atoms with Crippen molar-refractivity contribution in [2.24, 2.45) is 0 Å². The molecule has 0 saturated carbocycles. The van der Waals surface area contributed by atoms with Crippen LogP contribution in [0.3, 0.4) is 0 Å². The molecular weight excluding hydrogens is 757 g/mol. The Hall–Kier alpha value is -8.09. The van der Waals surface area contributed by atoms with Crippen LogP contribution in [0.25, 0.3) is 106 Å². The molecule has 6 nitrogen and oxygen atoms in total. The van der Waals surface area contributed by atoms with Crippen molar-refractivity contribution in [3.63, 3.8) is 0 Å². The summed E-state index contributed by atoms with van der Waals surface area (Å²) in [5.41, 5.74) is 14.6. The number of rotatable bonds is 6. The van der Waals surface area contributed by atoms with Crippen LogP contribution < -0.4 is 0 Å². The monoisotopic (exact) mass is 794 g/mol. The third kappa shape index (κ3) is 5.68. The molecule has 62 heavy (non-hydrogen) atoms. The molecule has 0 aliphatic heterocycles. The third-order valence-electron chi connectivity index (χ3n) is 12.5. The molecule has 0 saturated heterocycles. The van der Waals surface area contributed by atoms with Gasteiger partial charge in [0, 0.05) is 49.4 Å². The maximum Gasteiger partial charge on any atom is 0.164 e. The average Bonchev–Trinajstić information content (AvgIpc) is 3.78. The molecule has 12 rings (SSSR count). The highest BCUT2D eigenvalue weighted by atomic mass is 15.0. The quantitative estimate of drug-likeness (QED) is 0.168. The van der Waals surface area contributed by atoms with Crippen molar-refractivity contribution in [2.75, 3.05) is 0 Å². The normalized spacial score (nSPS) is 12.8. The van der Waals surface area contributed by atoms with Crippen molar-refractivity contribution in [2.45, 2.75) is 19.3 Å². The lowest BCUT2D eigenvalue weighted by molar-refractivity contribution is 0.661. The maximum absolute atomic E-state index is 5.42. The van der Waals surface area contributed by atoms with Crippen LogP contribution >= 0.6 is 0 Å². The topological polar surface area (TPSA) is 69.4 Å². The van der Waals surface area contributed by atoms with E-state index in [9.17, 15) is 0 Å². The minimum Gasteiger partial charge on any atom is -0.308 e.